The van der Waals surface area contributed by atoms with Crippen molar-refractivity contribution in [2.75, 3.05) is 19.1 Å². The molecule has 134 valence electrons. The van der Waals surface area contributed by atoms with Crippen LogP contribution in [0.15, 0.2) is 72.4 Å². The molecule has 0 N–H and O–H groups in total. The van der Waals surface area contributed by atoms with Gasteiger partial charge in [0.25, 0.3) is 0 Å². The van der Waals surface area contributed by atoms with Crippen LogP contribution in [0.2, 0.25) is 0 Å². The minimum atomic E-state index is -0.340. The topological polar surface area (TPSA) is 38.8 Å². The Hall–Kier alpha value is -3.01. The number of ether oxygens (including phenoxy) is 2. The highest BCUT2D eigenvalue weighted by Gasteiger charge is 2.27. The first kappa shape index (κ1) is 17.8. The van der Waals surface area contributed by atoms with E-state index in [1.165, 1.54) is 7.11 Å². The zero-order valence-corrected chi connectivity index (χ0v) is 15.3. The van der Waals surface area contributed by atoms with Crippen molar-refractivity contribution >= 4 is 17.2 Å². The molecule has 3 rings (SSSR count). The molecule has 4 heteroatoms. The fourth-order valence-corrected chi connectivity index (χ4v) is 3.14. The van der Waals surface area contributed by atoms with Crippen LogP contribution in [0.4, 0.5) is 5.69 Å². The maximum Gasteiger partial charge on any atom is 0.339 e. The number of benzene rings is 2. The quantitative estimate of drug-likeness (QED) is 0.749. The van der Waals surface area contributed by atoms with Crippen LogP contribution in [0.1, 0.15) is 18.9 Å². The maximum atomic E-state index is 12.4. The fraction of sp³-hybridized carbons (Fsp3) is 0.227. The summed E-state index contributed by atoms with van der Waals surface area (Å²) in [5.41, 5.74) is 3.48. The normalized spacial score (nSPS) is 16.6. The maximum absolute atomic E-state index is 12.4. The fourth-order valence-electron chi connectivity index (χ4n) is 3.14. The standard InChI is InChI=1S/C22H23NO3/c1-4-17-14-20(16-8-6-5-7-9-16)21(22(24)26-3)15-23(17)18-10-12-19(25-2)13-11-18/h5-15,17H,4H2,1-3H3. The largest absolute Gasteiger partial charge is 0.497 e. The lowest BCUT2D eigenvalue weighted by Crippen LogP contribution is -2.33. The van der Waals surface area contributed by atoms with Gasteiger partial charge in [0.05, 0.1) is 25.8 Å². The molecule has 0 radical (unpaired) electrons. The summed E-state index contributed by atoms with van der Waals surface area (Å²) < 4.78 is 10.3. The van der Waals surface area contributed by atoms with Crippen LogP contribution in [-0.2, 0) is 9.53 Å². The molecule has 2 aromatic carbocycles. The molecule has 0 bridgehead atoms. The van der Waals surface area contributed by atoms with E-state index >= 15 is 0 Å². The molecule has 0 fully saturated rings. The van der Waals surface area contributed by atoms with Crippen molar-refractivity contribution in [1.82, 2.24) is 0 Å². The summed E-state index contributed by atoms with van der Waals surface area (Å²) in [6.45, 7) is 2.14. The Bertz CT molecular complexity index is 822. The molecule has 0 spiro atoms. The van der Waals surface area contributed by atoms with Gasteiger partial charge in [-0.05, 0) is 41.8 Å². The Morgan fingerprint density at radius 1 is 1.04 bits per heavy atom. The summed E-state index contributed by atoms with van der Waals surface area (Å²) in [5, 5.41) is 0. The Morgan fingerprint density at radius 3 is 2.31 bits per heavy atom. The minimum Gasteiger partial charge on any atom is -0.497 e. The third-order valence-corrected chi connectivity index (χ3v) is 4.55. The molecule has 1 aliphatic rings. The SMILES string of the molecule is CCC1C=C(c2ccccc2)C(C(=O)OC)=CN1c1ccc(OC)cc1. The zero-order chi connectivity index (χ0) is 18.5. The van der Waals surface area contributed by atoms with Gasteiger partial charge in [-0.15, -0.1) is 0 Å². The average molecular weight is 349 g/mol. The van der Waals surface area contributed by atoms with Crippen molar-refractivity contribution in [1.29, 1.82) is 0 Å². The van der Waals surface area contributed by atoms with E-state index in [0.717, 1.165) is 29.0 Å². The van der Waals surface area contributed by atoms with E-state index in [-0.39, 0.29) is 12.0 Å². The molecule has 4 nitrogen and oxygen atoms in total. The highest BCUT2D eigenvalue weighted by atomic mass is 16.5. The molecular formula is C22H23NO3. The molecule has 0 aliphatic carbocycles. The van der Waals surface area contributed by atoms with E-state index < -0.39 is 0 Å². The second kappa shape index (κ2) is 7.91. The second-order valence-electron chi connectivity index (χ2n) is 6.06. The third kappa shape index (κ3) is 3.49. The second-order valence-corrected chi connectivity index (χ2v) is 6.06. The Labute approximate surface area is 154 Å². The molecule has 1 unspecified atom stereocenters. The Kier molecular flexibility index (Phi) is 5.42. The summed E-state index contributed by atoms with van der Waals surface area (Å²) in [6, 6.07) is 17.9. The monoisotopic (exact) mass is 349 g/mol. The summed E-state index contributed by atoms with van der Waals surface area (Å²) in [4.78, 5) is 14.6. The Balaban J connectivity index is 2.05. The van der Waals surface area contributed by atoms with Crippen molar-refractivity contribution in [2.45, 2.75) is 19.4 Å². The molecule has 1 aliphatic heterocycles. The van der Waals surface area contributed by atoms with Crippen LogP contribution in [0, 0.1) is 0 Å². The van der Waals surface area contributed by atoms with Gasteiger partial charge in [0, 0.05) is 11.9 Å². The molecule has 2 aromatic rings. The predicted molar refractivity (Wildman–Crippen MR) is 104 cm³/mol. The Morgan fingerprint density at radius 2 is 1.73 bits per heavy atom. The first-order chi connectivity index (χ1) is 12.7. The summed E-state index contributed by atoms with van der Waals surface area (Å²) in [7, 11) is 3.06. The van der Waals surface area contributed by atoms with Gasteiger partial charge in [0.1, 0.15) is 5.75 Å². The lowest BCUT2D eigenvalue weighted by Gasteiger charge is -2.33. The van der Waals surface area contributed by atoms with Gasteiger partial charge >= 0.3 is 5.97 Å². The van der Waals surface area contributed by atoms with Crippen molar-refractivity contribution in [3.8, 4) is 5.75 Å². The molecule has 0 saturated carbocycles. The highest BCUT2D eigenvalue weighted by Crippen LogP contribution is 2.34. The number of nitrogens with zero attached hydrogens (tertiary/aromatic N) is 1. The van der Waals surface area contributed by atoms with Crippen LogP contribution < -0.4 is 9.64 Å². The first-order valence-corrected chi connectivity index (χ1v) is 8.68. The van der Waals surface area contributed by atoms with Gasteiger partial charge in [0.2, 0.25) is 0 Å². The highest BCUT2D eigenvalue weighted by molar-refractivity contribution is 6.07. The number of esters is 1. The van der Waals surface area contributed by atoms with Crippen LogP contribution in [-0.4, -0.2) is 26.2 Å². The summed E-state index contributed by atoms with van der Waals surface area (Å²) in [6.07, 6.45) is 4.95. The van der Waals surface area contributed by atoms with Crippen LogP contribution in [0.25, 0.3) is 5.57 Å². The number of carbonyl (C=O) groups is 1. The van der Waals surface area contributed by atoms with Crippen LogP contribution in [0.3, 0.4) is 0 Å². The van der Waals surface area contributed by atoms with Crippen LogP contribution in [0.5, 0.6) is 5.75 Å². The number of carbonyl (C=O) groups excluding carboxylic acids is 1. The number of hydrogen-bond donors (Lipinski definition) is 0. The molecule has 1 heterocycles. The van der Waals surface area contributed by atoms with E-state index in [4.69, 9.17) is 9.47 Å². The summed E-state index contributed by atoms with van der Waals surface area (Å²) in [5.74, 6) is 0.463. The molecule has 0 saturated heterocycles. The minimum absolute atomic E-state index is 0.145. The zero-order valence-electron chi connectivity index (χ0n) is 15.3. The van der Waals surface area contributed by atoms with Gasteiger partial charge in [-0.1, -0.05) is 43.3 Å². The van der Waals surface area contributed by atoms with Gasteiger partial charge in [0.15, 0.2) is 0 Å². The smallest absolute Gasteiger partial charge is 0.339 e. The van der Waals surface area contributed by atoms with Gasteiger partial charge in [-0.25, -0.2) is 4.79 Å². The van der Waals surface area contributed by atoms with Crippen molar-refractivity contribution in [3.63, 3.8) is 0 Å². The van der Waals surface area contributed by atoms with Gasteiger partial charge in [-0.2, -0.15) is 0 Å². The van der Waals surface area contributed by atoms with E-state index in [1.807, 2.05) is 60.8 Å². The lowest BCUT2D eigenvalue weighted by atomic mass is 9.92. The van der Waals surface area contributed by atoms with E-state index in [2.05, 4.69) is 17.9 Å². The molecular weight excluding hydrogens is 326 g/mol. The van der Waals surface area contributed by atoms with E-state index in [0.29, 0.717) is 5.57 Å². The summed E-state index contributed by atoms with van der Waals surface area (Å²) >= 11 is 0. The molecule has 1 atom stereocenters. The number of hydrogen-bond acceptors (Lipinski definition) is 4. The van der Waals surface area contributed by atoms with Gasteiger partial charge in [-0.3, -0.25) is 0 Å². The predicted octanol–water partition coefficient (Wildman–Crippen LogP) is 4.43. The number of anilines is 1. The van der Waals surface area contributed by atoms with Crippen molar-refractivity contribution in [2.24, 2.45) is 0 Å². The van der Waals surface area contributed by atoms with E-state index in [1.54, 1.807) is 7.11 Å². The third-order valence-electron chi connectivity index (χ3n) is 4.55. The lowest BCUT2D eigenvalue weighted by molar-refractivity contribution is -0.135. The van der Waals surface area contributed by atoms with Crippen LogP contribution >= 0.6 is 0 Å². The number of methoxy groups -OCH3 is 2. The first-order valence-electron chi connectivity index (χ1n) is 8.68. The average Bonchev–Trinajstić information content (AvgIpc) is 2.73. The van der Waals surface area contributed by atoms with E-state index in [9.17, 15) is 4.79 Å². The molecule has 0 amide bonds. The molecule has 26 heavy (non-hydrogen) atoms. The molecule has 0 aromatic heterocycles. The van der Waals surface area contributed by atoms with Crippen molar-refractivity contribution < 1.29 is 14.3 Å². The number of rotatable bonds is 5. The van der Waals surface area contributed by atoms with Crippen molar-refractivity contribution in [3.05, 3.63) is 78.0 Å². The van der Waals surface area contributed by atoms with Gasteiger partial charge < -0.3 is 14.4 Å².